The number of nitrogens with zero attached hydrogens (tertiary/aromatic N) is 2. The largest absolute Gasteiger partial charge is 0.396 e. The molecule has 1 aromatic rings. The Hall–Kier alpha value is -1.73. The minimum absolute atomic E-state index is 0.120. The van der Waals surface area contributed by atoms with Gasteiger partial charge in [0.2, 0.25) is 0 Å². The van der Waals surface area contributed by atoms with E-state index in [2.05, 4.69) is 10.2 Å². The van der Waals surface area contributed by atoms with Crippen LogP contribution in [0.5, 0.6) is 0 Å². The van der Waals surface area contributed by atoms with Crippen molar-refractivity contribution in [3.63, 3.8) is 0 Å². The van der Waals surface area contributed by atoms with Crippen molar-refractivity contribution in [2.45, 2.75) is 25.3 Å². The molecule has 128 valence electrons. The highest BCUT2D eigenvalue weighted by atomic mass is 19.1. The van der Waals surface area contributed by atoms with Crippen LogP contribution >= 0.6 is 0 Å². The number of urea groups is 1. The second kappa shape index (κ2) is 8.21. The highest BCUT2D eigenvalue weighted by molar-refractivity contribution is 5.89. The SMILES string of the molecule is CN(CCCO)C1CCN(C(=O)Nc2cc(F)cc(F)c2)CC1. The molecule has 1 aromatic carbocycles. The summed E-state index contributed by atoms with van der Waals surface area (Å²) in [6, 6.07) is 3.00. The maximum absolute atomic E-state index is 13.1. The van der Waals surface area contributed by atoms with Crippen LogP contribution in [-0.2, 0) is 0 Å². The fourth-order valence-electron chi connectivity index (χ4n) is 2.84. The first-order chi connectivity index (χ1) is 11.0. The third-order valence-electron chi connectivity index (χ3n) is 4.16. The Morgan fingerprint density at radius 2 is 1.91 bits per heavy atom. The minimum atomic E-state index is -0.718. The predicted octanol–water partition coefficient (Wildman–Crippen LogP) is 2.28. The van der Waals surface area contributed by atoms with Gasteiger partial charge in [-0.05, 0) is 38.4 Å². The monoisotopic (exact) mass is 327 g/mol. The van der Waals surface area contributed by atoms with Gasteiger partial charge in [0.25, 0.3) is 0 Å². The molecule has 0 radical (unpaired) electrons. The predicted molar refractivity (Wildman–Crippen MR) is 84.3 cm³/mol. The van der Waals surface area contributed by atoms with Gasteiger partial charge in [-0.3, -0.25) is 0 Å². The van der Waals surface area contributed by atoms with E-state index in [0.717, 1.165) is 44.0 Å². The van der Waals surface area contributed by atoms with Gasteiger partial charge in [0.15, 0.2) is 0 Å². The van der Waals surface area contributed by atoms with Crippen molar-refractivity contribution in [2.24, 2.45) is 0 Å². The quantitative estimate of drug-likeness (QED) is 0.872. The number of carbonyl (C=O) groups excluding carboxylic acids is 1. The smallest absolute Gasteiger partial charge is 0.321 e. The summed E-state index contributed by atoms with van der Waals surface area (Å²) in [6.45, 7) is 2.20. The number of halogens is 2. The van der Waals surface area contributed by atoms with Crippen LogP contribution in [-0.4, -0.2) is 60.3 Å². The zero-order chi connectivity index (χ0) is 16.8. The van der Waals surface area contributed by atoms with E-state index < -0.39 is 11.6 Å². The van der Waals surface area contributed by atoms with Gasteiger partial charge in [-0.1, -0.05) is 0 Å². The molecule has 0 unspecified atom stereocenters. The van der Waals surface area contributed by atoms with Gasteiger partial charge in [0.1, 0.15) is 11.6 Å². The van der Waals surface area contributed by atoms with Crippen LogP contribution in [0, 0.1) is 11.6 Å². The summed E-state index contributed by atoms with van der Waals surface area (Å²) in [4.78, 5) is 16.0. The van der Waals surface area contributed by atoms with Crippen LogP contribution in [0.15, 0.2) is 18.2 Å². The summed E-state index contributed by atoms with van der Waals surface area (Å²) in [5.41, 5.74) is 0.120. The second-order valence-electron chi connectivity index (χ2n) is 5.86. The first kappa shape index (κ1) is 17.6. The van der Waals surface area contributed by atoms with Crippen LogP contribution in [0.3, 0.4) is 0 Å². The van der Waals surface area contributed by atoms with Crippen molar-refractivity contribution >= 4 is 11.7 Å². The van der Waals surface area contributed by atoms with E-state index in [-0.39, 0.29) is 18.3 Å². The number of rotatable bonds is 5. The Morgan fingerprint density at radius 3 is 2.48 bits per heavy atom. The van der Waals surface area contributed by atoms with Crippen LogP contribution in [0.4, 0.5) is 19.3 Å². The molecule has 0 spiro atoms. The van der Waals surface area contributed by atoms with Gasteiger partial charge in [-0.2, -0.15) is 0 Å². The van der Waals surface area contributed by atoms with Gasteiger partial charge in [-0.15, -0.1) is 0 Å². The number of likely N-dealkylation sites (tertiary alicyclic amines) is 1. The summed E-state index contributed by atoms with van der Waals surface area (Å²) in [6.07, 6.45) is 2.42. The Labute approximate surface area is 134 Å². The standard InChI is InChI=1S/C16H23F2N3O2/c1-20(5-2-8-22)15-3-6-21(7-4-15)16(23)19-14-10-12(17)9-13(18)11-14/h9-11,15,22H,2-8H2,1H3,(H,19,23). The van der Waals surface area contributed by atoms with Crippen molar-refractivity contribution in [1.29, 1.82) is 0 Å². The minimum Gasteiger partial charge on any atom is -0.396 e. The number of piperidine rings is 1. The number of aliphatic hydroxyl groups is 1. The lowest BCUT2D eigenvalue weighted by molar-refractivity contribution is 0.134. The molecule has 1 aliphatic heterocycles. The highest BCUT2D eigenvalue weighted by Crippen LogP contribution is 2.18. The number of carbonyl (C=O) groups is 1. The summed E-state index contributed by atoms with van der Waals surface area (Å²) in [7, 11) is 2.02. The van der Waals surface area contributed by atoms with E-state index in [0.29, 0.717) is 19.1 Å². The molecule has 0 aliphatic carbocycles. The summed E-state index contributed by atoms with van der Waals surface area (Å²) < 4.78 is 26.3. The van der Waals surface area contributed by atoms with Crippen molar-refractivity contribution < 1.29 is 18.7 Å². The molecule has 5 nitrogen and oxygen atoms in total. The van der Waals surface area contributed by atoms with Crippen molar-refractivity contribution in [1.82, 2.24) is 9.80 Å². The molecule has 2 amide bonds. The molecule has 2 rings (SSSR count). The fourth-order valence-corrected chi connectivity index (χ4v) is 2.84. The molecule has 1 aliphatic rings. The third-order valence-corrected chi connectivity index (χ3v) is 4.16. The van der Waals surface area contributed by atoms with Crippen molar-refractivity contribution in [2.75, 3.05) is 38.6 Å². The Kier molecular flexibility index (Phi) is 6.29. The molecule has 0 bridgehead atoms. The number of hydrogen-bond donors (Lipinski definition) is 2. The van der Waals surface area contributed by atoms with Gasteiger partial charge in [0.05, 0.1) is 0 Å². The molecule has 1 saturated heterocycles. The Bertz CT molecular complexity index is 514. The van der Waals surface area contributed by atoms with Gasteiger partial charge < -0.3 is 20.2 Å². The molecular weight excluding hydrogens is 304 g/mol. The molecule has 0 aromatic heterocycles. The first-order valence-corrected chi connectivity index (χ1v) is 7.82. The second-order valence-corrected chi connectivity index (χ2v) is 5.86. The zero-order valence-corrected chi connectivity index (χ0v) is 13.3. The zero-order valence-electron chi connectivity index (χ0n) is 13.3. The van der Waals surface area contributed by atoms with Crippen LogP contribution in [0.1, 0.15) is 19.3 Å². The lowest BCUT2D eigenvalue weighted by Gasteiger charge is -2.36. The summed E-state index contributed by atoms with van der Waals surface area (Å²) >= 11 is 0. The Morgan fingerprint density at radius 1 is 1.30 bits per heavy atom. The van der Waals surface area contributed by atoms with Gasteiger partial charge >= 0.3 is 6.03 Å². The molecule has 1 fully saturated rings. The molecule has 0 atom stereocenters. The molecule has 1 heterocycles. The summed E-state index contributed by atoms with van der Waals surface area (Å²) in [5, 5.41) is 11.4. The fraction of sp³-hybridized carbons (Fsp3) is 0.562. The number of hydrogen-bond acceptors (Lipinski definition) is 3. The number of benzene rings is 1. The van der Waals surface area contributed by atoms with E-state index in [1.807, 2.05) is 7.05 Å². The van der Waals surface area contributed by atoms with Crippen molar-refractivity contribution in [3.05, 3.63) is 29.8 Å². The van der Waals surface area contributed by atoms with E-state index in [1.54, 1.807) is 4.90 Å². The Balaban J connectivity index is 1.83. The van der Waals surface area contributed by atoms with E-state index in [4.69, 9.17) is 5.11 Å². The van der Waals surface area contributed by atoms with Gasteiger partial charge in [-0.25, -0.2) is 13.6 Å². The van der Waals surface area contributed by atoms with Crippen LogP contribution < -0.4 is 5.32 Å². The highest BCUT2D eigenvalue weighted by Gasteiger charge is 2.25. The average Bonchev–Trinajstić information content (AvgIpc) is 2.51. The van der Waals surface area contributed by atoms with Gasteiger partial charge in [0, 0.05) is 44.0 Å². The first-order valence-electron chi connectivity index (χ1n) is 7.82. The molecule has 2 N–H and O–H groups in total. The topological polar surface area (TPSA) is 55.8 Å². The number of amides is 2. The molecule has 7 heteroatoms. The maximum Gasteiger partial charge on any atom is 0.321 e. The van der Waals surface area contributed by atoms with Crippen molar-refractivity contribution in [3.8, 4) is 0 Å². The lowest BCUT2D eigenvalue weighted by Crippen LogP contribution is -2.47. The average molecular weight is 327 g/mol. The van der Waals surface area contributed by atoms with E-state index in [9.17, 15) is 13.6 Å². The van der Waals surface area contributed by atoms with Crippen LogP contribution in [0.25, 0.3) is 0 Å². The molecule has 23 heavy (non-hydrogen) atoms. The van der Waals surface area contributed by atoms with Crippen LogP contribution in [0.2, 0.25) is 0 Å². The normalized spacial score (nSPS) is 16.0. The molecule has 0 saturated carbocycles. The number of aliphatic hydroxyl groups excluding tert-OH is 1. The summed E-state index contributed by atoms with van der Waals surface area (Å²) in [5.74, 6) is -1.44. The van der Waals surface area contributed by atoms with E-state index >= 15 is 0 Å². The van der Waals surface area contributed by atoms with E-state index in [1.165, 1.54) is 0 Å². The number of anilines is 1. The number of nitrogens with one attached hydrogen (secondary N) is 1. The molecular formula is C16H23F2N3O2. The maximum atomic E-state index is 13.1. The third kappa shape index (κ3) is 5.14. The lowest BCUT2D eigenvalue weighted by atomic mass is 10.0.